The Morgan fingerprint density at radius 1 is 1.12 bits per heavy atom. The molecule has 0 radical (unpaired) electrons. The van der Waals surface area contributed by atoms with Gasteiger partial charge < -0.3 is 5.73 Å². The van der Waals surface area contributed by atoms with Gasteiger partial charge >= 0.3 is 0 Å². The van der Waals surface area contributed by atoms with Crippen LogP contribution in [0.15, 0.2) is 59.6 Å². The lowest BCUT2D eigenvalue weighted by Crippen LogP contribution is -2.07. The summed E-state index contributed by atoms with van der Waals surface area (Å²) in [4.78, 5) is 12.8. The third-order valence-corrected chi connectivity index (χ3v) is 4.97. The van der Waals surface area contributed by atoms with Crippen molar-refractivity contribution in [3.63, 3.8) is 0 Å². The summed E-state index contributed by atoms with van der Waals surface area (Å²) < 4.78 is 24.5. The van der Waals surface area contributed by atoms with Crippen LogP contribution in [0.3, 0.4) is 0 Å². The van der Waals surface area contributed by atoms with E-state index in [4.69, 9.17) is 5.73 Å². The summed E-state index contributed by atoms with van der Waals surface area (Å²) in [7, 11) is -3.28. The quantitative estimate of drug-likeness (QED) is 0.725. The molecule has 128 valence electrons. The number of anilines is 1. The molecule has 0 saturated carbocycles. The summed E-state index contributed by atoms with van der Waals surface area (Å²) in [6.45, 7) is 1.91. The number of aryl methyl sites for hydroxylation is 1. The maximum Gasteiger partial charge on any atom is 0.198 e. The molecule has 2 N–H and O–H groups in total. The van der Waals surface area contributed by atoms with Gasteiger partial charge in [0.2, 0.25) is 0 Å². The highest BCUT2D eigenvalue weighted by molar-refractivity contribution is 7.90. The van der Waals surface area contributed by atoms with Crippen LogP contribution in [0, 0.1) is 6.92 Å². The summed E-state index contributed by atoms with van der Waals surface area (Å²) in [5, 5.41) is 4.17. The monoisotopic (exact) mass is 355 g/mol. The molecular weight excluding hydrogens is 338 g/mol. The van der Waals surface area contributed by atoms with Crippen molar-refractivity contribution in [1.82, 2.24) is 9.78 Å². The van der Waals surface area contributed by atoms with Crippen LogP contribution >= 0.6 is 0 Å². The first-order valence-electron chi connectivity index (χ1n) is 7.53. The summed E-state index contributed by atoms with van der Waals surface area (Å²) in [6, 6.07) is 13.4. The maximum absolute atomic E-state index is 12.6. The highest BCUT2D eigenvalue weighted by atomic mass is 32.2. The number of benzene rings is 2. The van der Waals surface area contributed by atoms with Crippen LogP contribution in [-0.4, -0.2) is 30.2 Å². The lowest BCUT2D eigenvalue weighted by Gasteiger charge is -2.06. The van der Waals surface area contributed by atoms with E-state index in [-0.39, 0.29) is 16.5 Å². The molecule has 3 aromatic rings. The van der Waals surface area contributed by atoms with Gasteiger partial charge in [-0.15, -0.1) is 0 Å². The fraction of sp³-hybridized carbons (Fsp3) is 0.111. The summed E-state index contributed by atoms with van der Waals surface area (Å²) in [5.41, 5.74) is 8.50. The number of rotatable bonds is 4. The molecule has 2 aromatic carbocycles. The van der Waals surface area contributed by atoms with Crippen molar-refractivity contribution in [2.45, 2.75) is 11.8 Å². The van der Waals surface area contributed by atoms with Crippen LogP contribution in [0.4, 0.5) is 5.82 Å². The molecule has 25 heavy (non-hydrogen) atoms. The van der Waals surface area contributed by atoms with Gasteiger partial charge in [-0.05, 0) is 37.3 Å². The number of sulfone groups is 1. The zero-order chi connectivity index (χ0) is 18.2. The second kappa shape index (κ2) is 6.18. The molecular formula is C18H17N3O3S. The molecule has 0 atom stereocenters. The van der Waals surface area contributed by atoms with E-state index in [0.717, 1.165) is 11.8 Å². The maximum atomic E-state index is 12.6. The van der Waals surface area contributed by atoms with Crippen molar-refractivity contribution >= 4 is 21.4 Å². The van der Waals surface area contributed by atoms with Crippen LogP contribution in [0.2, 0.25) is 0 Å². The Morgan fingerprint density at radius 2 is 1.80 bits per heavy atom. The molecule has 0 aliphatic heterocycles. The Bertz CT molecular complexity index is 1050. The van der Waals surface area contributed by atoms with Crippen molar-refractivity contribution in [2.24, 2.45) is 0 Å². The second-order valence-corrected chi connectivity index (χ2v) is 7.84. The summed E-state index contributed by atoms with van der Waals surface area (Å²) in [6.07, 6.45) is 2.56. The fourth-order valence-electron chi connectivity index (χ4n) is 2.51. The normalized spacial score (nSPS) is 11.4. The van der Waals surface area contributed by atoms with E-state index in [0.29, 0.717) is 16.8 Å². The number of carbonyl (C=O) groups is 1. The average molecular weight is 355 g/mol. The van der Waals surface area contributed by atoms with Crippen LogP contribution in [0.5, 0.6) is 0 Å². The highest BCUT2D eigenvalue weighted by Gasteiger charge is 2.18. The van der Waals surface area contributed by atoms with Crippen molar-refractivity contribution in [1.29, 1.82) is 0 Å². The second-order valence-electron chi connectivity index (χ2n) is 5.82. The lowest BCUT2D eigenvalue weighted by molar-refractivity contribution is 0.103. The molecule has 0 aliphatic carbocycles. The predicted molar refractivity (Wildman–Crippen MR) is 95.7 cm³/mol. The first-order chi connectivity index (χ1) is 11.8. The largest absolute Gasteiger partial charge is 0.383 e. The minimum absolute atomic E-state index is 0.207. The molecule has 0 spiro atoms. The SMILES string of the molecule is Cc1cccc(C(=O)c2cnn(-c3ccc(S(C)(=O)=O)cc3)c2N)c1. The van der Waals surface area contributed by atoms with E-state index in [9.17, 15) is 13.2 Å². The molecule has 0 fully saturated rings. The molecule has 3 rings (SSSR count). The number of hydrogen-bond donors (Lipinski definition) is 1. The Morgan fingerprint density at radius 3 is 2.40 bits per heavy atom. The van der Waals surface area contributed by atoms with E-state index in [1.54, 1.807) is 24.3 Å². The molecule has 0 bridgehead atoms. The zero-order valence-corrected chi connectivity index (χ0v) is 14.6. The highest BCUT2D eigenvalue weighted by Crippen LogP contribution is 2.21. The van der Waals surface area contributed by atoms with E-state index >= 15 is 0 Å². The van der Waals surface area contributed by atoms with Gasteiger partial charge in [0.05, 0.1) is 22.3 Å². The predicted octanol–water partition coefficient (Wildman–Crippen LogP) is 2.40. The zero-order valence-electron chi connectivity index (χ0n) is 13.8. The smallest absolute Gasteiger partial charge is 0.198 e. The average Bonchev–Trinajstić information content (AvgIpc) is 2.95. The third kappa shape index (κ3) is 3.32. The molecule has 0 unspecified atom stereocenters. The Balaban J connectivity index is 1.97. The Kier molecular flexibility index (Phi) is 4.18. The van der Waals surface area contributed by atoms with E-state index in [1.165, 1.54) is 23.0 Å². The van der Waals surface area contributed by atoms with Crippen LogP contribution in [-0.2, 0) is 9.84 Å². The number of carbonyl (C=O) groups excluding carboxylic acids is 1. The number of nitrogens with zero attached hydrogens (tertiary/aromatic N) is 2. The fourth-order valence-corrected chi connectivity index (χ4v) is 3.15. The van der Waals surface area contributed by atoms with Gasteiger partial charge in [-0.3, -0.25) is 4.79 Å². The minimum atomic E-state index is -3.28. The van der Waals surface area contributed by atoms with Crippen molar-refractivity contribution in [2.75, 3.05) is 12.0 Å². The van der Waals surface area contributed by atoms with Crippen molar-refractivity contribution in [3.8, 4) is 5.69 Å². The van der Waals surface area contributed by atoms with Crippen LogP contribution in [0.25, 0.3) is 5.69 Å². The molecule has 0 aliphatic rings. The van der Waals surface area contributed by atoms with Crippen molar-refractivity contribution in [3.05, 3.63) is 71.4 Å². The molecule has 1 heterocycles. The van der Waals surface area contributed by atoms with E-state index < -0.39 is 9.84 Å². The summed E-state index contributed by atoms with van der Waals surface area (Å²) in [5.74, 6) is -0.00109. The number of ketones is 1. The lowest BCUT2D eigenvalue weighted by atomic mass is 10.0. The van der Waals surface area contributed by atoms with E-state index in [1.807, 2.05) is 19.1 Å². The van der Waals surface area contributed by atoms with Gasteiger partial charge in [0.1, 0.15) is 5.82 Å². The first kappa shape index (κ1) is 16.9. The Hall–Kier alpha value is -2.93. The van der Waals surface area contributed by atoms with Gasteiger partial charge in [0.15, 0.2) is 15.6 Å². The van der Waals surface area contributed by atoms with Gasteiger partial charge in [0.25, 0.3) is 0 Å². The number of aromatic nitrogens is 2. The Labute approximate surface area is 145 Å². The van der Waals surface area contributed by atoms with Crippen LogP contribution in [0.1, 0.15) is 21.5 Å². The standard InChI is InChI=1S/C18H17N3O3S/c1-12-4-3-5-13(10-12)17(22)16-11-20-21(18(16)19)14-6-8-15(9-7-14)25(2,23)24/h3-11H,19H2,1-2H3. The molecule has 6 nitrogen and oxygen atoms in total. The van der Waals surface area contributed by atoms with Gasteiger partial charge in [0, 0.05) is 11.8 Å². The van der Waals surface area contributed by atoms with Gasteiger partial charge in [-0.1, -0.05) is 23.8 Å². The van der Waals surface area contributed by atoms with Gasteiger partial charge in [-0.25, -0.2) is 13.1 Å². The van der Waals surface area contributed by atoms with Gasteiger partial charge in [-0.2, -0.15) is 5.10 Å². The third-order valence-electron chi connectivity index (χ3n) is 3.84. The molecule has 7 heteroatoms. The van der Waals surface area contributed by atoms with E-state index in [2.05, 4.69) is 5.10 Å². The number of nitrogen functional groups attached to an aromatic ring is 1. The number of hydrogen-bond acceptors (Lipinski definition) is 5. The van der Waals surface area contributed by atoms with Crippen molar-refractivity contribution < 1.29 is 13.2 Å². The summed E-state index contributed by atoms with van der Waals surface area (Å²) >= 11 is 0. The first-order valence-corrected chi connectivity index (χ1v) is 9.42. The molecule has 0 saturated heterocycles. The van der Waals surface area contributed by atoms with Crippen LogP contribution < -0.4 is 5.73 Å². The molecule has 1 aromatic heterocycles. The molecule has 0 amide bonds. The minimum Gasteiger partial charge on any atom is -0.383 e. The topological polar surface area (TPSA) is 95.0 Å². The number of nitrogens with two attached hydrogens (primary N) is 1.